The maximum Gasteiger partial charge on any atom is 0.273 e. The first kappa shape index (κ1) is 25.6. The van der Waals surface area contributed by atoms with Crippen LogP contribution in [0.5, 0.6) is 0 Å². The summed E-state index contributed by atoms with van der Waals surface area (Å²) < 4.78 is 0. The maximum atomic E-state index is 13.8. The summed E-state index contributed by atoms with van der Waals surface area (Å²) in [6.45, 7) is 6.65. The second kappa shape index (κ2) is 11.0. The van der Waals surface area contributed by atoms with E-state index >= 15 is 0 Å². The zero-order valence-corrected chi connectivity index (χ0v) is 21.7. The number of thiophene rings is 1. The van der Waals surface area contributed by atoms with E-state index in [4.69, 9.17) is 0 Å². The van der Waals surface area contributed by atoms with Crippen molar-refractivity contribution >= 4 is 28.8 Å². The van der Waals surface area contributed by atoms with Crippen molar-refractivity contribution in [2.75, 3.05) is 19.6 Å². The Bertz CT molecular complexity index is 1290. The summed E-state index contributed by atoms with van der Waals surface area (Å²) in [6.07, 6.45) is 2.39. The van der Waals surface area contributed by atoms with E-state index in [1.165, 1.54) is 15.8 Å². The first-order valence-corrected chi connectivity index (χ1v) is 13.1. The van der Waals surface area contributed by atoms with Crippen LogP contribution in [0, 0.1) is 24.0 Å². The molecule has 1 aliphatic heterocycles. The highest BCUT2D eigenvalue weighted by Crippen LogP contribution is 2.39. The number of hydrogen-bond donors (Lipinski definition) is 0. The van der Waals surface area contributed by atoms with Crippen molar-refractivity contribution in [2.24, 2.45) is 0 Å². The molecule has 0 bridgehead atoms. The van der Waals surface area contributed by atoms with Crippen LogP contribution in [0.4, 0.5) is 5.69 Å². The third-order valence-electron chi connectivity index (χ3n) is 6.82. The van der Waals surface area contributed by atoms with Crippen LogP contribution < -0.4 is 0 Å². The van der Waals surface area contributed by atoms with Gasteiger partial charge in [0.05, 0.1) is 11.0 Å². The fraction of sp³-hybridized carbons (Fsp3) is 0.357. The Labute approximate surface area is 215 Å². The summed E-state index contributed by atoms with van der Waals surface area (Å²) in [5.74, 6) is -0.480. The van der Waals surface area contributed by atoms with Gasteiger partial charge in [0, 0.05) is 35.2 Å². The molecule has 0 N–H and O–H groups in total. The Morgan fingerprint density at radius 1 is 1.11 bits per heavy atom. The summed E-state index contributed by atoms with van der Waals surface area (Å²) >= 11 is 1.72. The summed E-state index contributed by atoms with van der Waals surface area (Å²) in [7, 11) is 0. The lowest BCUT2D eigenvalue weighted by atomic mass is 9.90. The van der Waals surface area contributed by atoms with Crippen LogP contribution in [-0.2, 0) is 11.2 Å². The highest BCUT2D eigenvalue weighted by Gasteiger charge is 2.34. The topological polar surface area (TPSA) is 83.8 Å². The van der Waals surface area contributed by atoms with Gasteiger partial charge in [-0.25, -0.2) is 0 Å². The zero-order valence-electron chi connectivity index (χ0n) is 20.9. The number of aryl methyl sites for hydroxylation is 2. The van der Waals surface area contributed by atoms with Crippen LogP contribution in [0.2, 0.25) is 0 Å². The number of nitrogens with zero attached hydrogens (tertiary/aromatic N) is 3. The third-order valence-corrected chi connectivity index (χ3v) is 7.81. The van der Waals surface area contributed by atoms with Crippen LogP contribution in [0.3, 0.4) is 0 Å². The molecular weight excluding hydrogens is 474 g/mol. The van der Waals surface area contributed by atoms with Crippen LogP contribution in [0.15, 0.2) is 53.9 Å². The molecule has 188 valence electrons. The van der Waals surface area contributed by atoms with Gasteiger partial charge in [0.25, 0.3) is 11.6 Å². The van der Waals surface area contributed by atoms with Gasteiger partial charge in [-0.2, -0.15) is 0 Å². The lowest BCUT2D eigenvalue weighted by Crippen LogP contribution is -2.47. The minimum Gasteiger partial charge on any atom is -0.330 e. The second-order valence-electron chi connectivity index (χ2n) is 9.23. The fourth-order valence-corrected chi connectivity index (χ4v) is 5.70. The van der Waals surface area contributed by atoms with Crippen molar-refractivity contribution in [3.8, 4) is 0 Å². The standard InChI is InChI=1S/C28H31N3O4S/c1-4-5-14-29(28(33)21-11-10-20(3)24(17-21)31(34)35)18-26(32)30-15-12-25-23(13-16-36-25)27(30)22-9-7-6-8-19(22)2/h6-11,13,16-17,27H,4-5,12,14-15,18H2,1-3H3/t27-/m0/s1. The maximum absolute atomic E-state index is 13.8. The van der Waals surface area contributed by atoms with Crippen molar-refractivity contribution in [3.63, 3.8) is 0 Å². The number of nitro groups is 1. The Balaban J connectivity index is 1.64. The van der Waals surface area contributed by atoms with E-state index in [0.717, 1.165) is 36.0 Å². The van der Waals surface area contributed by atoms with Crippen LogP contribution >= 0.6 is 11.3 Å². The van der Waals surface area contributed by atoms with Crippen LogP contribution in [0.1, 0.15) is 63.3 Å². The second-order valence-corrected chi connectivity index (χ2v) is 10.2. The average Bonchev–Trinajstić information content (AvgIpc) is 3.35. The fourth-order valence-electron chi connectivity index (χ4n) is 4.79. The van der Waals surface area contributed by atoms with E-state index in [0.29, 0.717) is 18.7 Å². The minimum atomic E-state index is -0.480. The number of carbonyl (C=O) groups is 2. The molecule has 0 aliphatic carbocycles. The first-order chi connectivity index (χ1) is 17.3. The summed E-state index contributed by atoms with van der Waals surface area (Å²) in [4.78, 5) is 42.9. The predicted molar refractivity (Wildman–Crippen MR) is 141 cm³/mol. The normalized spacial score (nSPS) is 14.9. The monoisotopic (exact) mass is 505 g/mol. The molecule has 0 fully saturated rings. The molecule has 0 radical (unpaired) electrons. The predicted octanol–water partition coefficient (Wildman–Crippen LogP) is 5.69. The van der Waals surface area contributed by atoms with Crippen LogP contribution in [0.25, 0.3) is 0 Å². The van der Waals surface area contributed by atoms with Crippen molar-refractivity contribution in [3.05, 3.63) is 96.7 Å². The van der Waals surface area contributed by atoms with Gasteiger partial charge in [-0.1, -0.05) is 43.7 Å². The molecule has 3 aromatic rings. The quantitative estimate of drug-likeness (QED) is 0.291. The van der Waals surface area contributed by atoms with Crippen molar-refractivity contribution in [2.45, 2.75) is 46.1 Å². The Kier molecular flexibility index (Phi) is 7.84. The lowest BCUT2D eigenvalue weighted by Gasteiger charge is -2.38. The molecule has 4 rings (SSSR count). The van der Waals surface area contributed by atoms with Gasteiger partial charge in [-0.15, -0.1) is 11.3 Å². The van der Waals surface area contributed by atoms with Gasteiger partial charge >= 0.3 is 0 Å². The number of nitro benzene ring substituents is 1. The molecule has 0 spiro atoms. The van der Waals surface area contributed by atoms with Gasteiger partial charge in [0.2, 0.25) is 5.91 Å². The molecule has 1 atom stereocenters. The van der Waals surface area contributed by atoms with Gasteiger partial charge in [-0.05, 0) is 60.9 Å². The molecule has 1 aliphatic rings. The Morgan fingerprint density at radius 3 is 2.61 bits per heavy atom. The van der Waals surface area contributed by atoms with Gasteiger partial charge in [0.15, 0.2) is 0 Å². The van der Waals surface area contributed by atoms with E-state index < -0.39 is 4.92 Å². The Morgan fingerprint density at radius 2 is 1.89 bits per heavy atom. The smallest absolute Gasteiger partial charge is 0.273 e. The van der Waals surface area contributed by atoms with Crippen molar-refractivity contribution < 1.29 is 14.5 Å². The SMILES string of the molecule is CCCCN(CC(=O)N1CCc2sccc2[C@@H]1c1ccccc1C)C(=O)c1ccc(C)c([N+](=O)[O-])c1. The highest BCUT2D eigenvalue weighted by atomic mass is 32.1. The molecular formula is C28H31N3O4S. The van der Waals surface area contributed by atoms with Crippen molar-refractivity contribution in [1.82, 2.24) is 9.80 Å². The molecule has 1 aromatic heterocycles. The number of amides is 2. The molecule has 2 amide bonds. The number of unbranched alkanes of at least 4 members (excludes halogenated alkanes) is 1. The molecule has 0 saturated carbocycles. The highest BCUT2D eigenvalue weighted by molar-refractivity contribution is 7.10. The number of carbonyl (C=O) groups excluding carboxylic acids is 2. The average molecular weight is 506 g/mol. The summed E-state index contributed by atoms with van der Waals surface area (Å²) in [5, 5.41) is 13.5. The van der Waals surface area contributed by atoms with Gasteiger partial charge in [0.1, 0.15) is 6.54 Å². The number of hydrogen-bond acceptors (Lipinski definition) is 5. The van der Waals surface area contributed by atoms with E-state index in [-0.39, 0.29) is 35.7 Å². The minimum absolute atomic E-state index is 0.0671. The van der Waals surface area contributed by atoms with Crippen molar-refractivity contribution in [1.29, 1.82) is 0 Å². The van der Waals surface area contributed by atoms with E-state index in [1.807, 2.05) is 24.0 Å². The molecule has 8 heteroatoms. The summed E-state index contributed by atoms with van der Waals surface area (Å²) in [5.41, 5.74) is 3.98. The van der Waals surface area contributed by atoms with Gasteiger partial charge < -0.3 is 9.80 Å². The molecule has 7 nitrogen and oxygen atoms in total. The largest absolute Gasteiger partial charge is 0.330 e. The van der Waals surface area contributed by atoms with Crippen LogP contribution in [-0.4, -0.2) is 46.2 Å². The number of rotatable bonds is 8. The summed E-state index contributed by atoms with van der Waals surface area (Å²) in [6, 6.07) is 14.5. The van der Waals surface area contributed by atoms with E-state index in [2.05, 4.69) is 30.5 Å². The molecule has 2 aromatic carbocycles. The third kappa shape index (κ3) is 5.18. The number of fused-ring (bicyclic) bond motifs is 1. The Hall–Kier alpha value is -3.52. The molecule has 0 unspecified atom stereocenters. The lowest BCUT2D eigenvalue weighted by molar-refractivity contribution is -0.385. The van der Waals surface area contributed by atoms with E-state index in [9.17, 15) is 19.7 Å². The molecule has 2 heterocycles. The van der Waals surface area contributed by atoms with Gasteiger partial charge in [-0.3, -0.25) is 19.7 Å². The van der Waals surface area contributed by atoms with E-state index in [1.54, 1.807) is 30.4 Å². The zero-order chi connectivity index (χ0) is 25.8. The first-order valence-electron chi connectivity index (χ1n) is 12.3. The molecule has 0 saturated heterocycles. The number of benzene rings is 2. The molecule has 36 heavy (non-hydrogen) atoms.